The summed E-state index contributed by atoms with van der Waals surface area (Å²) < 4.78 is 5.80. The first-order valence-corrected chi connectivity index (χ1v) is 12.0. The van der Waals surface area contributed by atoms with Gasteiger partial charge in [-0.15, -0.1) is 11.3 Å². The summed E-state index contributed by atoms with van der Waals surface area (Å²) in [6.45, 7) is 7.04. The second kappa shape index (κ2) is 10.4. The van der Waals surface area contributed by atoms with Gasteiger partial charge in [-0.25, -0.2) is 9.97 Å². The minimum absolute atomic E-state index is 0.0286. The molecule has 174 valence electrons. The van der Waals surface area contributed by atoms with E-state index in [0.29, 0.717) is 30.2 Å². The van der Waals surface area contributed by atoms with Crippen molar-refractivity contribution in [3.05, 3.63) is 71.4 Å². The highest BCUT2D eigenvalue weighted by molar-refractivity contribution is 7.17. The van der Waals surface area contributed by atoms with E-state index in [1.807, 2.05) is 26.2 Å². The Hall–Kier alpha value is -3.78. The predicted molar refractivity (Wildman–Crippen MR) is 135 cm³/mol. The highest BCUT2D eigenvalue weighted by Crippen LogP contribution is 2.37. The molecule has 8 heteroatoms. The Morgan fingerprint density at radius 1 is 1.00 bits per heavy atom. The number of hydrogen-bond acceptors (Lipinski definition) is 6. The van der Waals surface area contributed by atoms with E-state index < -0.39 is 0 Å². The lowest BCUT2D eigenvalue weighted by atomic mass is 10.0. The molecular weight excluding hydrogens is 448 g/mol. The number of nitrogens with zero attached hydrogens (tertiary/aromatic N) is 3. The van der Waals surface area contributed by atoms with Gasteiger partial charge in [-0.1, -0.05) is 29.8 Å². The molecule has 0 aliphatic rings. The monoisotopic (exact) mass is 474 g/mol. The Morgan fingerprint density at radius 3 is 2.38 bits per heavy atom. The molecule has 2 aromatic carbocycles. The van der Waals surface area contributed by atoms with Gasteiger partial charge in [0.1, 0.15) is 11.2 Å². The average molecular weight is 475 g/mol. The zero-order valence-electron chi connectivity index (χ0n) is 19.4. The van der Waals surface area contributed by atoms with E-state index in [2.05, 4.69) is 39.6 Å². The van der Waals surface area contributed by atoms with Gasteiger partial charge in [0.2, 0.25) is 5.88 Å². The molecule has 0 aliphatic carbocycles. The van der Waals surface area contributed by atoms with Crippen LogP contribution in [0, 0.1) is 6.92 Å². The SMILES string of the molecule is CCN(CC)C(=O)c1ccc(NC(=O)COc2ncnc3scc(-c4ccc(C)cc4)c23)cc1. The number of rotatable bonds is 8. The van der Waals surface area contributed by atoms with E-state index in [4.69, 9.17) is 4.74 Å². The molecule has 0 unspecified atom stereocenters. The molecule has 4 aromatic rings. The van der Waals surface area contributed by atoms with E-state index >= 15 is 0 Å². The van der Waals surface area contributed by atoms with Gasteiger partial charge in [0.25, 0.3) is 11.8 Å². The molecule has 1 N–H and O–H groups in total. The minimum Gasteiger partial charge on any atom is -0.467 e. The fraction of sp³-hybridized carbons (Fsp3) is 0.231. The second-order valence-electron chi connectivity index (χ2n) is 7.77. The average Bonchev–Trinajstić information content (AvgIpc) is 3.29. The van der Waals surface area contributed by atoms with E-state index in [1.165, 1.54) is 23.2 Å². The van der Waals surface area contributed by atoms with Crippen molar-refractivity contribution in [3.63, 3.8) is 0 Å². The smallest absolute Gasteiger partial charge is 0.262 e. The van der Waals surface area contributed by atoms with Gasteiger partial charge >= 0.3 is 0 Å². The maximum Gasteiger partial charge on any atom is 0.262 e. The quantitative estimate of drug-likeness (QED) is 0.381. The molecular formula is C26H26N4O3S. The zero-order chi connectivity index (χ0) is 24.1. The highest BCUT2D eigenvalue weighted by atomic mass is 32.1. The molecule has 0 saturated carbocycles. The van der Waals surface area contributed by atoms with Gasteiger partial charge < -0.3 is 15.0 Å². The van der Waals surface area contributed by atoms with Crippen LogP contribution in [0.15, 0.2) is 60.2 Å². The molecule has 2 amide bonds. The summed E-state index contributed by atoms with van der Waals surface area (Å²) in [5.74, 6) is 0.0259. The molecule has 0 bridgehead atoms. The third kappa shape index (κ3) is 5.07. The largest absolute Gasteiger partial charge is 0.467 e. The minimum atomic E-state index is -0.318. The van der Waals surface area contributed by atoms with Crippen molar-refractivity contribution in [1.82, 2.24) is 14.9 Å². The number of nitrogens with one attached hydrogen (secondary N) is 1. The summed E-state index contributed by atoms with van der Waals surface area (Å²) in [7, 11) is 0. The van der Waals surface area contributed by atoms with Crippen molar-refractivity contribution >= 4 is 39.1 Å². The number of hydrogen-bond donors (Lipinski definition) is 1. The Morgan fingerprint density at radius 2 is 1.71 bits per heavy atom. The molecule has 2 heterocycles. The van der Waals surface area contributed by atoms with Gasteiger partial charge in [0.15, 0.2) is 6.61 Å². The standard InChI is InChI=1S/C26H26N4O3S/c1-4-30(5-2)26(32)19-10-12-20(13-11-19)29-22(31)14-33-24-23-21(15-34-25(23)28-16-27-24)18-8-6-17(3)7-9-18/h6-13,15-16H,4-5,14H2,1-3H3,(H,29,31). The van der Waals surface area contributed by atoms with Crippen molar-refractivity contribution in [3.8, 4) is 17.0 Å². The summed E-state index contributed by atoms with van der Waals surface area (Å²) in [6.07, 6.45) is 1.44. The van der Waals surface area contributed by atoms with Crippen LogP contribution in [0.3, 0.4) is 0 Å². The third-order valence-corrected chi connectivity index (χ3v) is 6.39. The number of fused-ring (bicyclic) bond motifs is 1. The van der Waals surface area contributed by atoms with Gasteiger partial charge in [-0.3, -0.25) is 9.59 Å². The van der Waals surface area contributed by atoms with Crippen LogP contribution in [0.25, 0.3) is 21.3 Å². The first kappa shape index (κ1) is 23.4. The van der Waals surface area contributed by atoms with E-state index in [9.17, 15) is 9.59 Å². The van der Waals surface area contributed by atoms with Gasteiger partial charge in [-0.2, -0.15) is 0 Å². The fourth-order valence-electron chi connectivity index (χ4n) is 3.62. The van der Waals surface area contributed by atoms with Crippen LogP contribution in [-0.2, 0) is 4.79 Å². The van der Waals surface area contributed by atoms with Crippen LogP contribution >= 0.6 is 11.3 Å². The van der Waals surface area contributed by atoms with Crippen molar-refractivity contribution in [1.29, 1.82) is 0 Å². The maximum absolute atomic E-state index is 12.5. The van der Waals surface area contributed by atoms with Crippen LogP contribution in [0.1, 0.15) is 29.8 Å². The third-order valence-electron chi connectivity index (χ3n) is 5.50. The number of carbonyl (C=O) groups is 2. The normalized spacial score (nSPS) is 10.8. The zero-order valence-corrected chi connectivity index (χ0v) is 20.2. The van der Waals surface area contributed by atoms with Crippen LogP contribution in [0.4, 0.5) is 5.69 Å². The van der Waals surface area contributed by atoms with Crippen LogP contribution < -0.4 is 10.1 Å². The van der Waals surface area contributed by atoms with Crippen molar-refractivity contribution in [2.45, 2.75) is 20.8 Å². The molecule has 34 heavy (non-hydrogen) atoms. The summed E-state index contributed by atoms with van der Waals surface area (Å²) in [5, 5.41) is 5.62. The number of aryl methyl sites for hydroxylation is 1. The van der Waals surface area contributed by atoms with Gasteiger partial charge in [0.05, 0.1) is 5.39 Å². The number of benzene rings is 2. The second-order valence-corrected chi connectivity index (χ2v) is 8.62. The number of ether oxygens (including phenoxy) is 1. The molecule has 2 aromatic heterocycles. The Labute approximate surface area is 202 Å². The highest BCUT2D eigenvalue weighted by Gasteiger charge is 2.16. The first-order valence-electron chi connectivity index (χ1n) is 11.1. The van der Waals surface area contributed by atoms with Gasteiger partial charge in [0, 0.05) is 35.3 Å². The molecule has 0 spiro atoms. The number of thiophene rings is 1. The van der Waals surface area contributed by atoms with Crippen molar-refractivity contribution < 1.29 is 14.3 Å². The maximum atomic E-state index is 12.5. The number of amides is 2. The topological polar surface area (TPSA) is 84.4 Å². The fourth-order valence-corrected chi connectivity index (χ4v) is 4.53. The Bertz CT molecular complexity index is 1300. The number of carbonyl (C=O) groups excluding carboxylic acids is 2. The van der Waals surface area contributed by atoms with Crippen LogP contribution in [0.2, 0.25) is 0 Å². The summed E-state index contributed by atoms with van der Waals surface area (Å²) in [4.78, 5) is 36.1. The molecule has 0 radical (unpaired) electrons. The lowest BCUT2D eigenvalue weighted by molar-refractivity contribution is -0.118. The summed E-state index contributed by atoms with van der Waals surface area (Å²) in [6, 6.07) is 15.1. The van der Waals surface area contributed by atoms with Crippen LogP contribution in [0.5, 0.6) is 5.88 Å². The lowest BCUT2D eigenvalue weighted by Gasteiger charge is -2.18. The van der Waals surface area contributed by atoms with Gasteiger partial charge in [-0.05, 0) is 50.6 Å². The molecule has 0 fully saturated rings. The van der Waals surface area contributed by atoms with E-state index in [-0.39, 0.29) is 18.4 Å². The molecule has 7 nitrogen and oxygen atoms in total. The lowest BCUT2D eigenvalue weighted by Crippen LogP contribution is -2.30. The van der Waals surface area contributed by atoms with E-state index in [1.54, 1.807) is 29.2 Å². The number of anilines is 1. The summed E-state index contributed by atoms with van der Waals surface area (Å²) >= 11 is 1.51. The Balaban J connectivity index is 1.44. The molecule has 0 saturated heterocycles. The summed E-state index contributed by atoms with van der Waals surface area (Å²) in [5.41, 5.74) is 4.37. The predicted octanol–water partition coefficient (Wildman–Crippen LogP) is 5.17. The van der Waals surface area contributed by atoms with Crippen molar-refractivity contribution in [2.24, 2.45) is 0 Å². The number of aromatic nitrogens is 2. The van der Waals surface area contributed by atoms with E-state index in [0.717, 1.165) is 21.3 Å². The van der Waals surface area contributed by atoms with Crippen molar-refractivity contribution in [2.75, 3.05) is 25.0 Å². The molecule has 0 atom stereocenters. The first-order chi connectivity index (χ1) is 16.5. The molecule has 4 rings (SSSR count). The molecule has 0 aliphatic heterocycles. The Kier molecular flexibility index (Phi) is 7.18. The van der Waals surface area contributed by atoms with Crippen LogP contribution in [-0.4, -0.2) is 46.4 Å².